The lowest BCUT2D eigenvalue weighted by Gasteiger charge is -2.29. The Morgan fingerprint density at radius 2 is 1.71 bits per heavy atom. The van der Waals surface area contributed by atoms with Crippen LogP contribution in [-0.2, 0) is 9.59 Å². The molecule has 2 aliphatic rings. The fourth-order valence-electron chi connectivity index (χ4n) is 3.07. The van der Waals surface area contributed by atoms with E-state index in [1.54, 1.807) is 24.3 Å². The van der Waals surface area contributed by atoms with Crippen LogP contribution in [0.15, 0.2) is 24.3 Å². The van der Waals surface area contributed by atoms with Crippen LogP contribution < -0.4 is 4.90 Å². The van der Waals surface area contributed by atoms with E-state index in [0.29, 0.717) is 12.1 Å². The van der Waals surface area contributed by atoms with Crippen LogP contribution in [0.25, 0.3) is 0 Å². The minimum Gasteiger partial charge on any atom is -0.395 e. The van der Waals surface area contributed by atoms with Crippen LogP contribution in [0.1, 0.15) is 31.2 Å². The maximum atomic E-state index is 12.3. The highest BCUT2D eigenvalue weighted by molar-refractivity contribution is 6.18. The molecule has 1 aromatic rings. The summed E-state index contributed by atoms with van der Waals surface area (Å²) in [5.41, 5.74) is 1.45. The van der Waals surface area contributed by atoms with E-state index < -0.39 is 0 Å². The molecule has 1 heterocycles. The number of carbonyl (C=O) groups is 2. The van der Waals surface area contributed by atoms with Crippen LogP contribution in [-0.4, -0.2) is 23.5 Å². The van der Waals surface area contributed by atoms with Gasteiger partial charge in [-0.1, -0.05) is 11.8 Å². The normalized spacial score (nSPS) is 24.0. The Morgan fingerprint density at radius 1 is 1.10 bits per heavy atom. The maximum Gasteiger partial charge on any atom is 0.236 e. The number of hydrogen-bond donors (Lipinski definition) is 1. The molecule has 1 aliphatic carbocycles. The highest BCUT2D eigenvalue weighted by atomic mass is 16.2. The van der Waals surface area contributed by atoms with Crippen molar-refractivity contribution in [3.05, 3.63) is 29.8 Å². The number of aliphatic hydroxyl groups is 1. The highest BCUT2D eigenvalue weighted by Gasteiger charge is 2.45. The summed E-state index contributed by atoms with van der Waals surface area (Å²) in [5.74, 6) is 5.67. The molecule has 2 amide bonds. The van der Waals surface area contributed by atoms with Crippen LogP contribution in [0.5, 0.6) is 0 Å². The molecule has 1 aromatic carbocycles. The largest absolute Gasteiger partial charge is 0.395 e. The number of hydrogen-bond acceptors (Lipinski definition) is 3. The summed E-state index contributed by atoms with van der Waals surface area (Å²) in [6.45, 7) is 0.0463. The summed E-state index contributed by atoms with van der Waals surface area (Å²) in [5, 5.41) is 8.69. The third-order valence-corrected chi connectivity index (χ3v) is 4.17. The van der Waals surface area contributed by atoms with E-state index in [0.717, 1.165) is 24.8 Å². The number of nitrogens with zero attached hydrogens (tertiary/aromatic N) is 1. The van der Waals surface area contributed by atoms with E-state index >= 15 is 0 Å². The summed E-state index contributed by atoms with van der Waals surface area (Å²) in [6.07, 6.45) is 2.82. The first-order valence-corrected chi connectivity index (χ1v) is 7.28. The van der Waals surface area contributed by atoms with Gasteiger partial charge in [-0.15, -0.1) is 0 Å². The third kappa shape index (κ3) is 2.57. The van der Waals surface area contributed by atoms with Crippen LogP contribution in [0.3, 0.4) is 0 Å². The van der Waals surface area contributed by atoms with Crippen LogP contribution in [0.2, 0.25) is 0 Å². The van der Waals surface area contributed by atoms with Gasteiger partial charge in [-0.2, -0.15) is 0 Å². The molecular formula is C17H17NO3. The average molecular weight is 283 g/mol. The number of fused-ring (bicyclic) bond motifs is 2. The smallest absolute Gasteiger partial charge is 0.236 e. The Hall–Kier alpha value is -2.12. The summed E-state index contributed by atoms with van der Waals surface area (Å²) in [4.78, 5) is 26.0. The van der Waals surface area contributed by atoms with Gasteiger partial charge in [0.2, 0.25) is 11.8 Å². The molecule has 3 rings (SSSR count). The summed E-state index contributed by atoms with van der Waals surface area (Å²) in [7, 11) is 0. The molecule has 1 saturated carbocycles. The van der Waals surface area contributed by atoms with Crippen LogP contribution in [0.4, 0.5) is 5.69 Å². The molecule has 21 heavy (non-hydrogen) atoms. The highest BCUT2D eigenvalue weighted by Crippen LogP contribution is 2.39. The van der Waals surface area contributed by atoms with E-state index in [2.05, 4.69) is 11.8 Å². The van der Waals surface area contributed by atoms with Crippen molar-refractivity contribution in [2.75, 3.05) is 11.5 Å². The van der Waals surface area contributed by atoms with Gasteiger partial charge in [-0.3, -0.25) is 14.5 Å². The van der Waals surface area contributed by atoms with Crippen LogP contribution >= 0.6 is 0 Å². The predicted octanol–water partition coefficient (Wildman–Crippen LogP) is 1.71. The summed E-state index contributed by atoms with van der Waals surface area (Å²) < 4.78 is 0. The van der Waals surface area contributed by atoms with E-state index in [-0.39, 0.29) is 30.3 Å². The molecule has 4 nitrogen and oxygen atoms in total. The molecule has 0 spiro atoms. The SMILES string of the molecule is O=C1C2CCC(C2)C(=O)N1c1ccc(C#CCCO)cc1. The number of anilines is 1. The third-order valence-electron chi connectivity index (χ3n) is 4.17. The van der Waals surface area contributed by atoms with E-state index in [9.17, 15) is 9.59 Å². The number of benzene rings is 1. The van der Waals surface area contributed by atoms with Crippen molar-refractivity contribution in [2.45, 2.75) is 25.7 Å². The van der Waals surface area contributed by atoms with Gasteiger partial charge in [0, 0.05) is 23.8 Å². The minimum atomic E-state index is -0.0622. The molecule has 2 fully saturated rings. The van der Waals surface area contributed by atoms with Crippen LogP contribution in [0, 0.1) is 23.7 Å². The van der Waals surface area contributed by atoms with E-state index in [4.69, 9.17) is 5.11 Å². The molecule has 1 aliphatic heterocycles. The first-order valence-electron chi connectivity index (χ1n) is 7.28. The average Bonchev–Trinajstić information content (AvgIpc) is 2.94. The molecule has 2 atom stereocenters. The molecule has 0 aromatic heterocycles. The number of piperidine rings is 1. The molecule has 2 bridgehead atoms. The Labute approximate surface area is 123 Å². The van der Waals surface area contributed by atoms with Crippen molar-refractivity contribution in [3.63, 3.8) is 0 Å². The van der Waals surface area contributed by atoms with Gasteiger partial charge >= 0.3 is 0 Å². The minimum absolute atomic E-state index is 0.0109. The zero-order valence-electron chi connectivity index (χ0n) is 11.7. The molecule has 1 N–H and O–H groups in total. The second-order valence-corrected chi connectivity index (χ2v) is 5.54. The molecule has 108 valence electrons. The predicted molar refractivity (Wildman–Crippen MR) is 78.3 cm³/mol. The van der Waals surface area contributed by atoms with Gasteiger partial charge in [0.25, 0.3) is 0 Å². The van der Waals surface area contributed by atoms with Crippen molar-refractivity contribution >= 4 is 17.5 Å². The Kier molecular flexibility index (Phi) is 3.76. The fraction of sp³-hybridized carbons (Fsp3) is 0.412. The molecule has 0 radical (unpaired) electrons. The van der Waals surface area contributed by atoms with Gasteiger partial charge in [-0.25, -0.2) is 0 Å². The maximum absolute atomic E-state index is 12.3. The van der Waals surface area contributed by atoms with Gasteiger partial charge in [0.15, 0.2) is 0 Å². The first-order chi connectivity index (χ1) is 10.2. The quantitative estimate of drug-likeness (QED) is 0.664. The Bertz CT molecular complexity index is 602. The number of aliphatic hydroxyl groups excluding tert-OH is 1. The molecule has 2 unspecified atom stereocenters. The number of amides is 2. The lowest BCUT2D eigenvalue weighted by atomic mass is 9.96. The van der Waals surface area contributed by atoms with Crippen molar-refractivity contribution in [1.29, 1.82) is 0 Å². The Morgan fingerprint density at radius 3 is 2.29 bits per heavy atom. The Balaban J connectivity index is 1.82. The molecule has 1 saturated heterocycles. The monoisotopic (exact) mass is 283 g/mol. The van der Waals surface area contributed by atoms with E-state index in [1.165, 1.54) is 4.90 Å². The second kappa shape index (κ2) is 5.71. The van der Waals surface area contributed by atoms with Crippen molar-refractivity contribution in [1.82, 2.24) is 0 Å². The zero-order valence-corrected chi connectivity index (χ0v) is 11.7. The van der Waals surface area contributed by atoms with Gasteiger partial charge in [-0.05, 0) is 43.5 Å². The summed E-state index contributed by atoms with van der Waals surface area (Å²) in [6, 6.07) is 7.14. The van der Waals surface area contributed by atoms with Gasteiger partial charge in [0.1, 0.15) is 0 Å². The zero-order chi connectivity index (χ0) is 14.8. The van der Waals surface area contributed by atoms with Crippen molar-refractivity contribution in [3.8, 4) is 11.8 Å². The van der Waals surface area contributed by atoms with Crippen molar-refractivity contribution < 1.29 is 14.7 Å². The second-order valence-electron chi connectivity index (χ2n) is 5.54. The topological polar surface area (TPSA) is 57.6 Å². The summed E-state index contributed by atoms with van der Waals surface area (Å²) >= 11 is 0. The molecule has 4 heteroatoms. The molecular weight excluding hydrogens is 266 g/mol. The number of rotatable bonds is 2. The van der Waals surface area contributed by atoms with Gasteiger partial charge in [0.05, 0.1) is 12.3 Å². The number of imide groups is 1. The standard InChI is InChI=1S/C17H17NO3/c19-10-2-1-3-12-4-8-15(9-5-12)18-16(20)13-6-7-14(11-13)17(18)21/h4-5,8-9,13-14,19H,2,6-7,10-11H2. The lowest BCUT2D eigenvalue weighted by Crippen LogP contribution is -2.46. The van der Waals surface area contributed by atoms with Gasteiger partial charge < -0.3 is 5.11 Å². The fourth-order valence-corrected chi connectivity index (χ4v) is 3.07. The first kappa shape index (κ1) is 13.8. The number of carbonyl (C=O) groups excluding carboxylic acids is 2. The van der Waals surface area contributed by atoms with Crippen molar-refractivity contribution in [2.24, 2.45) is 11.8 Å². The van der Waals surface area contributed by atoms with E-state index in [1.807, 2.05) is 0 Å². The lowest BCUT2D eigenvalue weighted by molar-refractivity contribution is -0.132.